The molecule has 0 unspecified atom stereocenters. The number of aliphatic hydroxyl groups is 1. The summed E-state index contributed by atoms with van der Waals surface area (Å²) in [5.74, 6) is -1.40. The van der Waals surface area contributed by atoms with E-state index in [1.807, 2.05) is 13.0 Å². The van der Waals surface area contributed by atoms with Gasteiger partial charge in [0.1, 0.15) is 5.82 Å². The number of benzene rings is 3. The van der Waals surface area contributed by atoms with Crippen LogP contribution in [0.3, 0.4) is 0 Å². The number of aliphatic hydroxyl groups excluding tert-OH is 1. The molecule has 9 heteroatoms. The van der Waals surface area contributed by atoms with Gasteiger partial charge in [-0.05, 0) is 60.1 Å². The summed E-state index contributed by atoms with van der Waals surface area (Å²) in [4.78, 5) is 27.7. The van der Waals surface area contributed by atoms with Crippen molar-refractivity contribution >= 4 is 35.3 Å². The zero-order chi connectivity index (χ0) is 25.2. The molecule has 3 N–H and O–H groups in total. The number of hydrogen-bond acceptors (Lipinski definition) is 5. The number of halogens is 2. The van der Waals surface area contributed by atoms with Crippen LogP contribution in [0.15, 0.2) is 71.8 Å². The molecule has 0 heterocycles. The Morgan fingerprint density at radius 1 is 1.09 bits per heavy atom. The van der Waals surface area contributed by atoms with Gasteiger partial charge in [0.2, 0.25) is 0 Å². The Labute approximate surface area is 208 Å². The van der Waals surface area contributed by atoms with Gasteiger partial charge in [-0.1, -0.05) is 42.8 Å². The summed E-state index contributed by atoms with van der Waals surface area (Å²) in [6, 6.07) is 17.4. The third-order valence-electron chi connectivity index (χ3n) is 5.16. The summed E-state index contributed by atoms with van der Waals surface area (Å²) >= 11 is 6.08. The lowest BCUT2D eigenvalue weighted by molar-refractivity contribution is 0.0956. The molecule has 0 aromatic heterocycles. The molecule has 0 aliphatic rings. The molecule has 0 saturated heterocycles. The minimum atomic E-state index is -0.591. The number of carbonyl (C=O) groups is 2. The molecule has 3 aromatic carbocycles. The van der Waals surface area contributed by atoms with E-state index in [-0.39, 0.29) is 17.9 Å². The van der Waals surface area contributed by atoms with Crippen LogP contribution in [0, 0.1) is 5.82 Å². The predicted molar refractivity (Wildman–Crippen MR) is 135 cm³/mol. The minimum absolute atomic E-state index is 0.0572. The molecule has 2 amide bonds. The van der Waals surface area contributed by atoms with E-state index in [0.29, 0.717) is 29.2 Å². The van der Waals surface area contributed by atoms with Crippen molar-refractivity contribution in [3.8, 4) is 0 Å². The smallest absolute Gasteiger partial charge is 0.273 e. The van der Waals surface area contributed by atoms with Crippen LogP contribution in [0.4, 0.5) is 10.1 Å². The standard InChI is InChI=1S/C26H26ClFN4O3/c1-2-32(11-12-33)17-19-6-3-7-20(13-19)25(34)30-24-10-9-21(27)15-23(24)26(35)31-29-16-18-5-4-8-22(28)14-18/h3-10,13-16,33H,2,11-12,17H2,1H3,(H,30,34)(H,31,35)/b29-16+. The maximum atomic E-state index is 13.3. The summed E-state index contributed by atoms with van der Waals surface area (Å²) < 4.78 is 13.3. The van der Waals surface area contributed by atoms with Gasteiger partial charge in [0, 0.05) is 23.7 Å². The topological polar surface area (TPSA) is 94.0 Å². The first-order valence-corrected chi connectivity index (χ1v) is 11.4. The van der Waals surface area contributed by atoms with Gasteiger partial charge in [0.15, 0.2) is 0 Å². The van der Waals surface area contributed by atoms with Gasteiger partial charge in [-0.25, -0.2) is 9.82 Å². The fourth-order valence-electron chi connectivity index (χ4n) is 3.38. The zero-order valence-electron chi connectivity index (χ0n) is 19.2. The Balaban J connectivity index is 1.73. The van der Waals surface area contributed by atoms with E-state index < -0.39 is 17.6 Å². The maximum absolute atomic E-state index is 13.3. The number of hydrazone groups is 1. The van der Waals surface area contributed by atoms with Crippen LogP contribution in [-0.2, 0) is 6.54 Å². The predicted octanol–water partition coefficient (Wildman–Crippen LogP) is 4.31. The van der Waals surface area contributed by atoms with Crippen LogP contribution in [-0.4, -0.2) is 47.7 Å². The third kappa shape index (κ3) is 7.71. The van der Waals surface area contributed by atoms with Gasteiger partial charge < -0.3 is 10.4 Å². The number of rotatable bonds is 10. The second-order valence-corrected chi connectivity index (χ2v) is 8.13. The molecule has 0 atom stereocenters. The zero-order valence-corrected chi connectivity index (χ0v) is 19.9. The van der Waals surface area contributed by atoms with Crippen molar-refractivity contribution < 1.29 is 19.1 Å². The Kier molecular flexibility index (Phi) is 9.48. The summed E-state index contributed by atoms with van der Waals surface area (Å²) in [6.07, 6.45) is 1.31. The highest BCUT2D eigenvalue weighted by atomic mass is 35.5. The Bertz CT molecular complexity index is 1220. The molecule has 0 fully saturated rings. The van der Waals surface area contributed by atoms with Crippen LogP contribution >= 0.6 is 11.6 Å². The lowest BCUT2D eigenvalue weighted by Gasteiger charge is -2.19. The molecule has 182 valence electrons. The first kappa shape index (κ1) is 26.0. The molecule has 0 radical (unpaired) electrons. The highest BCUT2D eigenvalue weighted by molar-refractivity contribution is 6.31. The average molecular weight is 497 g/mol. The average Bonchev–Trinajstić information content (AvgIpc) is 2.85. The summed E-state index contributed by atoms with van der Waals surface area (Å²) in [7, 11) is 0. The van der Waals surface area contributed by atoms with Gasteiger partial charge in [-0.15, -0.1) is 0 Å². The second kappa shape index (κ2) is 12.8. The molecular formula is C26H26ClFN4O3. The van der Waals surface area contributed by atoms with Crippen molar-refractivity contribution in [2.75, 3.05) is 25.0 Å². The van der Waals surface area contributed by atoms with Crippen molar-refractivity contribution in [2.24, 2.45) is 5.10 Å². The number of carbonyl (C=O) groups excluding carboxylic acids is 2. The molecule has 3 aromatic rings. The largest absolute Gasteiger partial charge is 0.395 e. The SMILES string of the molecule is CCN(CCO)Cc1cccc(C(=O)Nc2ccc(Cl)cc2C(=O)N/N=C/c2cccc(F)c2)c1. The Hall–Kier alpha value is -3.59. The monoisotopic (exact) mass is 496 g/mol. The fourth-order valence-corrected chi connectivity index (χ4v) is 3.55. The molecule has 0 saturated carbocycles. The number of nitrogens with one attached hydrogen (secondary N) is 2. The van der Waals surface area contributed by atoms with Crippen molar-refractivity contribution in [2.45, 2.75) is 13.5 Å². The highest BCUT2D eigenvalue weighted by Crippen LogP contribution is 2.22. The highest BCUT2D eigenvalue weighted by Gasteiger charge is 2.16. The van der Waals surface area contributed by atoms with Crippen molar-refractivity contribution in [1.82, 2.24) is 10.3 Å². The molecular weight excluding hydrogens is 471 g/mol. The summed E-state index contributed by atoms with van der Waals surface area (Å²) in [5, 5.41) is 16.1. The number of nitrogens with zero attached hydrogens (tertiary/aromatic N) is 2. The van der Waals surface area contributed by atoms with Crippen molar-refractivity contribution in [3.63, 3.8) is 0 Å². The molecule has 0 bridgehead atoms. The second-order valence-electron chi connectivity index (χ2n) is 7.69. The van der Waals surface area contributed by atoms with E-state index in [4.69, 9.17) is 11.6 Å². The van der Waals surface area contributed by atoms with Gasteiger partial charge in [0.05, 0.1) is 24.1 Å². The lowest BCUT2D eigenvalue weighted by Crippen LogP contribution is -2.26. The quantitative estimate of drug-likeness (QED) is 0.288. The fraction of sp³-hybridized carbons (Fsp3) is 0.192. The number of likely N-dealkylation sites (N-methyl/N-ethyl adjacent to an activating group) is 1. The molecule has 7 nitrogen and oxygen atoms in total. The normalized spacial score (nSPS) is 11.1. The van der Waals surface area contributed by atoms with Crippen LogP contribution < -0.4 is 10.7 Å². The summed E-state index contributed by atoms with van der Waals surface area (Å²) in [6.45, 7) is 3.96. The molecule has 35 heavy (non-hydrogen) atoms. The number of hydrogen-bond donors (Lipinski definition) is 3. The maximum Gasteiger partial charge on any atom is 0.273 e. The molecule has 3 rings (SSSR count). The van der Waals surface area contributed by atoms with E-state index in [9.17, 15) is 19.1 Å². The summed E-state index contributed by atoms with van der Waals surface area (Å²) in [5.41, 5.74) is 4.58. The number of amides is 2. The molecule has 0 aliphatic carbocycles. The van der Waals surface area contributed by atoms with E-state index in [0.717, 1.165) is 12.1 Å². The van der Waals surface area contributed by atoms with Crippen LogP contribution in [0.1, 0.15) is 38.8 Å². The van der Waals surface area contributed by atoms with Gasteiger partial charge in [-0.3, -0.25) is 14.5 Å². The minimum Gasteiger partial charge on any atom is -0.395 e. The van der Waals surface area contributed by atoms with Crippen LogP contribution in [0.5, 0.6) is 0 Å². The van der Waals surface area contributed by atoms with Crippen molar-refractivity contribution in [3.05, 3.63) is 99.8 Å². The van der Waals surface area contributed by atoms with Gasteiger partial charge in [0.25, 0.3) is 11.8 Å². The first-order valence-electron chi connectivity index (χ1n) is 11.0. The molecule has 0 spiro atoms. The first-order chi connectivity index (χ1) is 16.9. The van der Waals surface area contributed by atoms with Crippen LogP contribution in [0.25, 0.3) is 0 Å². The van der Waals surface area contributed by atoms with Crippen molar-refractivity contribution in [1.29, 1.82) is 0 Å². The van der Waals surface area contributed by atoms with Gasteiger partial charge >= 0.3 is 0 Å². The van der Waals surface area contributed by atoms with E-state index in [2.05, 4.69) is 20.7 Å². The Morgan fingerprint density at radius 2 is 1.89 bits per heavy atom. The third-order valence-corrected chi connectivity index (χ3v) is 5.40. The Morgan fingerprint density at radius 3 is 2.63 bits per heavy atom. The van der Waals surface area contributed by atoms with Crippen LogP contribution in [0.2, 0.25) is 5.02 Å². The van der Waals surface area contributed by atoms with E-state index in [1.54, 1.807) is 30.3 Å². The van der Waals surface area contributed by atoms with E-state index in [1.165, 1.54) is 36.5 Å². The van der Waals surface area contributed by atoms with E-state index >= 15 is 0 Å². The molecule has 0 aliphatic heterocycles. The number of anilines is 1. The lowest BCUT2D eigenvalue weighted by atomic mass is 10.1. The van der Waals surface area contributed by atoms with Gasteiger partial charge in [-0.2, -0.15) is 5.10 Å².